The van der Waals surface area contributed by atoms with Crippen LogP contribution >= 0.6 is 0 Å². The smallest absolute Gasteiger partial charge is 0.200 e. The van der Waals surface area contributed by atoms with Crippen LogP contribution in [0.5, 0.6) is 5.75 Å². The van der Waals surface area contributed by atoms with Crippen LogP contribution in [0.1, 0.15) is 11.6 Å². The van der Waals surface area contributed by atoms with Gasteiger partial charge in [-0.1, -0.05) is 12.1 Å². The average molecular weight is 260 g/mol. The fourth-order valence-electron chi connectivity index (χ4n) is 2.00. The summed E-state index contributed by atoms with van der Waals surface area (Å²) in [5.74, 6) is 1.66. The van der Waals surface area contributed by atoms with Gasteiger partial charge in [-0.25, -0.2) is 4.98 Å². The van der Waals surface area contributed by atoms with Crippen LogP contribution in [0.3, 0.4) is 0 Å². The molecule has 2 N–H and O–H groups in total. The molecule has 0 bridgehead atoms. The number of anilines is 1. The van der Waals surface area contributed by atoms with Gasteiger partial charge >= 0.3 is 0 Å². The first-order valence-corrected chi connectivity index (χ1v) is 6.24. The Morgan fingerprint density at radius 3 is 2.89 bits per heavy atom. The second kappa shape index (κ2) is 6.24. The van der Waals surface area contributed by atoms with Gasteiger partial charge in [0.25, 0.3) is 0 Å². The normalized spacial score (nSPS) is 12.4. The molecular formula is C14H20N4O. The van der Waals surface area contributed by atoms with Crippen LogP contribution in [0.4, 0.5) is 5.95 Å². The summed E-state index contributed by atoms with van der Waals surface area (Å²) in [6, 6.07) is 8.39. The number of ether oxygens (including phenoxy) is 1. The summed E-state index contributed by atoms with van der Waals surface area (Å²) in [7, 11) is 5.81. The fourth-order valence-corrected chi connectivity index (χ4v) is 2.00. The molecule has 5 nitrogen and oxygen atoms in total. The molecule has 5 heteroatoms. The van der Waals surface area contributed by atoms with Crippen LogP contribution in [-0.4, -0.2) is 42.6 Å². The van der Waals surface area contributed by atoms with Gasteiger partial charge in [-0.15, -0.1) is 0 Å². The van der Waals surface area contributed by atoms with E-state index >= 15 is 0 Å². The Balaban J connectivity index is 2.10. The molecule has 0 saturated carbocycles. The molecule has 0 spiro atoms. The number of nitrogens with one attached hydrogen (secondary N) is 2. The average Bonchev–Trinajstić information content (AvgIpc) is 2.92. The van der Waals surface area contributed by atoms with Crippen LogP contribution in [0.15, 0.2) is 36.7 Å². The molecule has 0 fully saturated rings. The molecule has 1 aromatic carbocycles. The number of benzene rings is 1. The third-order valence-corrected chi connectivity index (χ3v) is 3.06. The highest BCUT2D eigenvalue weighted by Gasteiger charge is 2.14. The van der Waals surface area contributed by atoms with Gasteiger partial charge in [-0.3, -0.25) is 0 Å². The first kappa shape index (κ1) is 13.4. The van der Waals surface area contributed by atoms with Crippen molar-refractivity contribution in [2.24, 2.45) is 0 Å². The highest BCUT2D eigenvalue weighted by atomic mass is 16.5. The molecule has 2 aromatic rings. The Hall–Kier alpha value is -2.01. The van der Waals surface area contributed by atoms with Crippen LogP contribution in [-0.2, 0) is 0 Å². The third kappa shape index (κ3) is 3.48. The number of aromatic nitrogens is 2. The summed E-state index contributed by atoms with van der Waals surface area (Å²) in [6.45, 7) is 0.772. The zero-order valence-electron chi connectivity index (χ0n) is 11.6. The minimum absolute atomic E-state index is 0.250. The van der Waals surface area contributed by atoms with E-state index in [-0.39, 0.29) is 6.04 Å². The number of hydrogen-bond acceptors (Lipinski definition) is 4. The number of H-pyrrole nitrogens is 1. The number of likely N-dealkylation sites (N-methyl/N-ethyl adjacent to an activating group) is 1. The largest absolute Gasteiger partial charge is 0.497 e. The molecular weight excluding hydrogens is 240 g/mol. The van der Waals surface area contributed by atoms with Gasteiger partial charge < -0.3 is 19.9 Å². The van der Waals surface area contributed by atoms with E-state index in [0.717, 1.165) is 18.2 Å². The Morgan fingerprint density at radius 1 is 1.42 bits per heavy atom. The second-order valence-corrected chi connectivity index (χ2v) is 4.57. The van der Waals surface area contributed by atoms with E-state index in [9.17, 15) is 0 Å². The fraction of sp³-hybridized carbons (Fsp3) is 0.357. The predicted molar refractivity (Wildman–Crippen MR) is 76.5 cm³/mol. The minimum atomic E-state index is 0.250. The number of hydrogen-bond donors (Lipinski definition) is 2. The predicted octanol–water partition coefficient (Wildman–Crippen LogP) is 2.13. The number of rotatable bonds is 6. The molecule has 0 radical (unpaired) electrons. The summed E-state index contributed by atoms with van der Waals surface area (Å²) >= 11 is 0. The van der Waals surface area contributed by atoms with Gasteiger partial charge in [0.05, 0.1) is 13.2 Å². The van der Waals surface area contributed by atoms with E-state index in [1.807, 2.05) is 12.1 Å². The lowest BCUT2D eigenvalue weighted by molar-refractivity contribution is 0.310. The first-order chi connectivity index (χ1) is 9.20. The lowest BCUT2D eigenvalue weighted by Gasteiger charge is -2.25. The maximum Gasteiger partial charge on any atom is 0.200 e. The Morgan fingerprint density at radius 2 is 2.26 bits per heavy atom. The van der Waals surface area contributed by atoms with E-state index in [1.165, 1.54) is 5.56 Å². The summed E-state index contributed by atoms with van der Waals surface area (Å²) in [5, 5.41) is 3.29. The molecule has 0 saturated heterocycles. The standard InChI is InChI=1S/C14H20N4O/c1-18(2)13(10-17-14-15-7-8-16-14)11-5-4-6-12(9-11)19-3/h4-9,13H,10H2,1-3H3,(H2,15,16,17). The van der Waals surface area contributed by atoms with Crippen LogP contribution in [0.2, 0.25) is 0 Å². The molecule has 2 rings (SSSR count). The molecule has 0 aliphatic rings. The van der Waals surface area contributed by atoms with Crippen molar-refractivity contribution in [1.29, 1.82) is 0 Å². The SMILES string of the molecule is COc1cccc(C(CNc2ncc[nH]2)N(C)C)c1. The molecule has 1 heterocycles. The van der Waals surface area contributed by atoms with E-state index in [1.54, 1.807) is 19.5 Å². The van der Waals surface area contributed by atoms with Crippen molar-refractivity contribution < 1.29 is 4.74 Å². The first-order valence-electron chi connectivity index (χ1n) is 6.24. The number of nitrogens with zero attached hydrogens (tertiary/aromatic N) is 2. The quantitative estimate of drug-likeness (QED) is 0.835. The molecule has 1 aromatic heterocycles. The maximum absolute atomic E-state index is 5.28. The van der Waals surface area contributed by atoms with Crippen molar-refractivity contribution >= 4 is 5.95 Å². The molecule has 0 aliphatic carbocycles. The maximum atomic E-state index is 5.28. The highest BCUT2D eigenvalue weighted by molar-refractivity contribution is 5.32. The van der Waals surface area contributed by atoms with Crippen molar-refractivity contribution in [2.75, 3.05) is 33.1 Å². The highest BCUT2D eigenvalue weighted by Crippen LogP contribution is 2.22. The lowest BCUT2D eigenvalue weighted by atomic mass is 10.1. The molecule has 0 amide bonds. The lowest BCUT2D eigenvalue weighted by Crippen LogP contribution is -2.27. The van der Waals surface area contributed by atoms with Crippen molar-refractivity contribution in [3.63, 3.8) is 0 Å². The van der Waals surface area contributed by atoms with E-state index in [4.69, 9.17) is 4.74 Å². The van der Waals surface area contributed by atoms with Crippen molar-refractivity contribution in [2.45, 2.75) is 6.04 Å². The van der Waals surface area contributed by atoms with Crippen molar-refractivity contribution in [3.05, 3.63) is 42.2 Å². The molecule has 1 atom stereocenters. The third-order valence-electron chi connectivity index (χ3n) is 3.06. The van der Waals surface area contributed by atoms with Gasteiger partial charge in [0.1, 0.15) is 5.75 Å². The Kier molecular flexibility index (Phi) is 4.41. The second-order valence-electron chi connectivity index (χ2n) is 4.57. The summed E-state index contributed by atoms with van der Waals surface area (Å²) in [6.07, 6.45) is 3.54. The number of aromatic amines is 1. The number of imidazole rings is 1. The summed E-state index contributed by atoms with van der Waals surface area (Å²) in [5.41, 5.74) is 1.21. The van der Waals surface area contributed by atoms with Gasteiger partial charge in [-0.2, -0.15) is 0 Å². The Bertz CT molecular complexity index is 496. The molecule has 19 heavy (non-hydrogen) atoms. The Labute approximate surface area is 113 Å². The number of methoxy groups -OCH3 is 1. The van der Waals surface area contributed by atoms with Crippen molar-refractivity contribution in [1.82, 2.24) is 14.9 Å². The van der Waals surface area contributed by atoms with E-state index < -0.39 is 0 Å². The topological polar surface area (TPSA) is 53.2 Å². The molecule has 1 unspecified atom stereocenters. The van der Waals surface area contributed by atoms with E-state index in [0.29, 0.717) is 0 Å². The van der Waals surface area contributed by atoms with Crippen LogP contribution < -0.4 is 10.1 Å². The zero-order chi connectivity index (χ0) is 13.7. The van der Waals surface area contributed by atoms with Gasteiger partial charge in [-0.05, 0) is 31.8 Å². The summed E-state index contributed by atoms with van der Waals surface area (Å²) < 4.78 is 5.28. The monoisotopic (exact) mass is 260 g/mol. The van der Waals surface area contributed by atoms with Crippen molar-refractivity contribution in [3.8, 4) is 5.75 Å². The summed E-state index contributed by atoms with van der Waals surface area (Å²) in [4.78, 5) is 9.38. The minimum Gasteiger partial charge on any atom is -0.497 e. The van der Waals surface area contributed by atoms with Crippen LogP contribution in [0.25, 0.3) is 0 Å². The molecule has 102 valence electrons. The van der Waals surface area contributed by atoms with E-state index in [2.05, 4.69) is 46.4 Å². The van der Waals surface area contributed by atoms with Crippen LogP contribution in [0, 0.1) is 0 Å². The van der Waals surface area contributed by atoms with Gasteiger partial charge in [0.15, 0.2) is 5.95 Å². The van der Waals surface area contributed by atoms with Gasteiger partial charge in [0, 0.05) is 18.9 Å². The molecule has 0 aliphatic heterocycles. The zero-order valence-corrected chi connectivity index (χ0v) is 11.6. The van der Waals surface area contributed by atoms with Gasteiger partial charge in [0.2, 0.25) is 0 Å².